The first-order valence-corrected chi connectivity index (χ1v) is 6.88. The third-order valence-electron chi connectivity index (χ3n) is 2.76. The van der Waals surface area contributed by atoms with Gasteiger partial charge in [0.1, 0.15) is 0 Å². The highest BCUT2D eigenvalue weighted by Crippen LogP contribution is 2.12. The van der Waals surface area contributed by atoms with Gasteiger partial charge >= 0.3 is 5.97 Å². The average molecular weight is 290 g/mol. The zero-order valence-corrected chi connectivity index (χ0v) is 12.0. The lowest BCUT2D eigenvalue weighted by Gasteiger charge is -2.06. The first-order valence-electron chi connectivity index (χ1n) is 6.00. The average Bonchev–Trinajstić information content (AvgIpc) is 2.92. The van der Waals surface area contributed by atoms with E-state index in [0.717, 1.165) is 11.1 Å². The predicted molar refractivity (Wildman–Crippen MR) is 76.9 cm³/mol. The largest absolute Gasteiger partial charge is 0.452 e. The van der Waals surface area contributed by atoms with E-state index in [2.05, 4.69) is 10.3 Å². The number of hydrogen-bond acceptors (Lipinski definition) is 5. The lowest BCUT2D eigenvalue weighted by Crippen LogP contribution is -2.20. The molecule has 2 rings (SSSR count). The van der Waals surface area contributed by atoms with Gasteiger partial charge in [-0.1, -0.05) is 6.07 Å². The molecule has 0 unspecified atom stereocenters. The summed E-state index contributed by atoms with van der Waals surface area (Å²) in [5.41, 5.74) is 2.55. The number of nitrogens with one attached hydrogen (secondary N) is 1. The van der Waals surface area contributed by atoms with Crippen molar-refractivity contribution in [3.63, 3.8) is 0 Å². The van der Waals surface area contributed by atoms with Crippen LogP contribution in [-0.2, 0) is 9.53 Å². The number of amides is 1. The van der Waals surface area contributed by atoms with Gasteiger partial charge in [-0.15, -0.1) is 11.3 Å². The van der Waals surface area contributed by atoms with Gasteiger partial charge in [-0.3, -0.25) is 10.1 Å². The Balaban J connectivity index is 1.88. The van der Waals surface area contributed by atoms with Gasteiger partial charge in [-0.2, -0.15) is 0 Å². The minimum Gasteiger partial charge on any atom is -0.452 e. The van der Waals surface area contributed by atoms with E-state index in [9.17, 15) is 9.59 Å². The Morgan fingerprint density at radius 3 is 2.75 bits per heavy atom. The number of carbonyl (C=O) groups is 2. The highest BCUT2D eigenvalue weighted by Gasteiger charge is 2.11. The monoisotopic (exact) mass is 290 g/mol. The minimum atomic E-state index is -0.512. The molecule has 5 nitrogen and oxygen atoms in total. The fourth-order valence-electron chi connectivity index (χ4n) is 1.52. The Labute approximate surface area is 120 Å². The highest BCUT2D eigenvalue weighted by atomic mass is 32.1. The predicted octanol–water partition coefficient (Wildman–Crippen LogP) is 2.56. The summed E-state index contributed by atoms with van der Waals surface area (Å²) in [7, 11) is 0. The second kappa shape index (κ2) is 6.29. The van der Waals surface area contributed by atoms with E-state index in [1.807, 2.05) is 19.9 Å². The van der Waals surface area contributed by atoms with Gasteiger partial charge in [0, 0.05) is 11.6 Å². The van der Waals surface area contributed by atoms with Crippen molar-refractivity contribution < 1.29 is 14.3 Å². The van der Waals surface area contributed by atoms with Gasteiger partial charge in [-0.05, 0) is 37.1 Å². The van der Waals surface area contributed by atoms with Crippen LogP contribution in [0.4, 0.5) is 5.13 Å². The van der Waals surface area contributed by atoms with Gasteiger partial charge in [0.25, 0.3) is 5.91 Å². The molecule has 1 aromatic carbocycles. The zero-order valence-electron chi connectivity index (χ0n) is 11.2. The van der Waals surface area contributed by atoms with Crippen molar-refractivity contribution in [2.24, 2.45) is 0 Å². The van der Waals surface area contributed by atoms with Crippen molar-refractivity contribution in [1.82, 2.24) is 4.98 Å². The molecule has 0 bridgehead atoms. The van der Waals surface area contributed by atoms with Crippen LogP contribution >= 0.6 is 11.3 Å². The smallest absolute Gasteiger partial charge is 0.338 e. The quantitative estimate of drug-likeness (QED) is 0.879. The topological polar surface area (TPSA) is 68.3 Å². The molecule has 0 saturated heterocycles. The number of esters is 1. The molecule has 0 saturated carbocycles. The van der Waals surface area contributed by atoms with Crippen LogP contribution in [0.25, 0.3) is 0 Å². The number of aryl methyl sites for hydroxylation is 2. The summed E-state index contributed by atoms with van der Waals surface area (Å²) in [6.45, 7) is 3.55. The van der Waals surface area contributed by atoms with E-state index in [4.69, 9.17) is 4.74 Å². The molecule has 0 radical (unpaired) electrons. The maximum absolute atomic E-state index is 11.8. The fraction of sp³-hybridized carbons (Fsp3) is 0.214. The number of benzene rings is 1. The highest BCUT2D eigenvalue weighted by molar-refractivity contribution is 7.13. The zero-order chi connectivity index (χ0) is 14.5. The van der Waals surface area contributed by atoms with Crippen LogP contribution in [-0.4, -0.2) is 23.5 Å². The van der Waals surface area contributed by atoms with Gasteiger partial charge in [0.2, 0.25) is 0 Å². The standard InChI is InChI=1S/C14H14N2O3S/c1-9-3-4-11(7-10(9)2)13(18)19-8-12(17)16-14-15-5-6-20-14/h3-7H,8H2,1-2H3,(H,15,16,17). The molecule has 2 aromatic rings. The van der Waals surface area contributed by atoms with Crippen molar-refractivity contribution >= 4 is 28.3 Å². The summed E-state index contributed by atoms with van der Waals surface area (Å²) in [5.74, 6) is -0.917. The van der Waals surface area contributed by atoms with Crippen molar-refractivity contribution in [2.45, 2.75) is 13.8 Å². The summed E-state index contributed by atoms with van der Waals surface area (Å²) < 4.78 is 4.96. The molecule has 0 aliphatic heterocycles. The lowest BCUT2D eigenvalue weighted by molar-refractivity contribution is -0.119. The van der Waals surface area contributed by atoms with Gasteiger partial charge < -0.3 is 4.74 Å². The molecule has 0 atom stereocenters. The van der Waals surface area contributed by atoms with Crippen molar-refractivity contribution in [1.29, 1.82) is 0 Å². The van der Waals surface area contributed by atoms with Crippen LogP contribution in [0.5, 0.6) is 0 Å². The number of aromatic nitrogens is 1. The number of nitrogens with zero attached hydrogens (tertiary/aromatic N) is 1. The van der Waals surface area contributed by atoms with E-state index in [-0.39, 0.29) is 6.61 Å². The Morgan fingerprint density at radius 2 is 2.10 bits per heavy atom. The molecule has 104 valence electrons. The van der Waals surface area contributed by atoms with Crippen LogP contribution in [0.15, 0.2) is 29.8 Å². The molecule has 6 heteroatoms. The number of rotatable bonds is 4. The molecule has 1 aromatic heterocycles. The Bertz CT molecular complexity index is 623. The third-order valence-corrected chi connectivity index (χ3v) is 3.44. The molecule has 1 heterocycles. The molecule has 20 heavy (non-hydrogen) atoms. The second-order valence-corrected chi connectivity index (χ2v) is 5.16. The van der Waals surface area contributed by atoms with Crippen LogP contribution in [0.3, 0.4) is 0 Å². The minimum absolute atomic E-state index is 0.328. The van der Waals surface area contributed by atoms with E-state index >= 15 is 0 Å². The van der Waals surface area contributed by atoms with Crippen LogP contribution < -0.4 is 5.32 Å². The summed E-state index contributed by atoms with van der Waals surface area (Å²) in [6, 6.07) is 5.28. The Hall–Kier alpha value is -2.21. The third kappa shape index (κ3) is 3.64. The van der Waals surface area contributed by atoms with Crippen molar-refractivity contribution in [3.8, 4) is 0 Å². The van der Waals surface area contributed by atoms with Crippen LogP contribution in [0.1, 0.15) is 21.5 Å². The molecule has 0 aliphatic rings. The maximum atomic E-state index is 11.8. The molecule has 0 aliphatic carbocycles. The number of hydrogen-bond donors (Lipinski definition) is 1. The molecule has 0 fully saturated rings. The van der Waals surface area contributed by atoms with Crippen LogP contribution in [0.2, 0.25) is 0 Å². The normalized spacial score (nSPS) is 10.1. The molecule has 0 spiro atoms. The summed E-state index contributed by atoms with van der Waals surface area (Å²) in [4.78, 5) is 27.3. The Morgan fingerprint density at radius 1 is 1.30 bits per heavy atom. The first kappa shape index (κ1) is 14.2. The van der Waals surface area contributed by atoms with E-state index in [0.29, 0.717) is 10.7 Å². The molecular weight excluding hydrogens is 276 g/mol. The van der Waals surface area contributed by atoms with E-state index in [1.165, 1.54) is 11.3 Å². The molecule has 1 amide bonds. The first-order chi connectivity index (χ1) is 9.56. The number of ether oxygens (including phenoxy) is 1. The van der Waals surface area contributed by atoms with E-state index in [1.54, 1.807) is 23.7 Å². The van der Waals surface area contributed by atoms with E-state index < -0.39 is 11.9 Å². The number of anilines is 1. The lowest BCUT2D eigenvalue weighted by atomic mass is 10.1. The van der Waals surface area contributed by atoms with Gasteiger partial charge in [0.15, 0.2) is 11.7 Å². The van der Waals surface area contributed by atoms with Gasteiger partial charge in [-0.25, -0.2) is 9.78 Å². The second-order valence-electron chi connectivity index (χ2n) is 4.26. The van der Waals surface area contributed by atoms with Gasteiger partial charge in [0.05, 0.1) is 5.56 Å². The summed E-state index contributed by atoms with van der Waals surface area (Å²) in [5, 5.41) is 4.77. The van der Waals surface area contributed by atoms with Crippen molar-refractivity contribution in [2.75, 3.05) is 11.9 Å². The van der Waals surface area contributed by atoms with Crippen LogP contribution in [0, 0.1) is 13.8 Å². The van der Waals surface area contributed by atoms with Crippen molar-refractivity contribution in [3.05, 3.63) is 46.5 Å². The fourth-order valence-corrected chi connectivity index (χ4v) is 2.07. The SMILES string of the molecule is Cc1ccc(C(=O)OCC(=O)Nc2nccs2)cc1C. The number of thiazole rings is 1. The molecule has 1 N–H and O–H groups in total. The number of carbonyl (C=O) groups excluding carboxylic acids is 2. The Kier molecular flexibility index (Phi) is 4.47. The summed E-state index contributed by atoms with van der Waals surface area (Å²) >= 11 is 1.30. The molecular formula is C14H14N2O3S. The summed E-state index contributed by atoms with van der Waals surface area (Å²) in [6.07, 6.45) is 1.58. The maximum Gasteiger partial charge on any atom is 0.338 e.